The quantitative estimate of drug-likeness (QED) is 0.771. The standard InChI is InChI=1S/C19H16N4O2S/c20-10-14-12-5-3-7-16(12)26-18(14)22-17(24)8-9-23-11-21-15-6-2-1-4-13(15)19(23)25/h1-2,4,6,11H,3,5,7-9H2,(H,22,24). The predicted octanol–water partition coefficient (Wildman–Crippen LogP) is 2.85. The number of carbonyl (C=O) groups excluding carboxylic acids is 1. The number of aryl methyl sites for hydroxylation is 2. The van der Waals surface area contributed by atoms with Gasteiger partial charge >= 0.3 is 0 Å². The molecule has 26 heavy (non-hydrogen) atoms. The van der Waals surface area contributed by atoms with E-state index in [1.807, 2.05) is 6.07 Å². The second kappa shape index (κ2) is 6.73. The van der Waals surface area contributed by atoms with E-state index in [1.54, 1.807) is 18.2 Å². The predicted molar refractivity (Wildman–Crippen MR) is 100 cm³/mol. The van der Waals surface area contributed by atoms with Crippen molar-refractivity contribution in [2.24, 2.45) is 0 Å². The molecule has 1 aliphatic rings. The minimum Gasteiger partial charge on any atom is -0.317 e. The van der Waals surface area contributed by atoms with E-state index in [0.717, 1.165) is 24.8 Å². The molecule has 0 unspecified atom stereocenters. The molecular weight excluding hydrogens is 348 g/mol. The third-order valence-electron chi connectivity index (χ3n) is 4.60. The second-order valence-corrected chi connectivity index (χ2v) is 7.34. The molecule has 3 aromatic rings. The van der Waals surface area contributed by atoms with Crippen LogP contribution in [-0.2, 0) is 24.2 Å². The van der Waals surface area contributed by atoms with E-state index in [0.29, 0.717) is 21.5 Å². The molecule has 7 heteroatoms. The molecular formula is C19H16N4O2S. The smallest absolute Gasteiger partial charge is 0.261 e. The SMILES string of the molecule is N#Cc1c(NC(=O)CCn2cnc3ccccc3c2=O)sc2c1CCC2. The van der Waals surface area contributed by atoms with Crippen LogP contribution >= 0.6 is 11.3 Å². The molecule has 1 aromatic carbocycles. The van der Waals surface area contributed by atoms with Crippen LogP contribution in [0.25, 0.3) is 10.9 Å². The summed E-state index contributed by atoms with van der Waals surface area (Å²) in [5.74, 6) is -0.207. The fourth-order valence-electron chi connectivity index (χ4n) is 3.29. The lowest BCUT2D eigenvalue weighted by Gasteiger charge is -2.07. The molecule has 0 fully saturated rings. The number of hydrogen-bond donors (Lipinski definition) is 1. The largest absolute Gasteiger partial charge is 0.317 e. The molecule has 0 bridgehead atoms. The van der Waals surface area contributed by atoms with Crippen molar-refractivity contribution in [2.45, 2.75) is 32.2 Å². The van der Waals surface area contributed by atoms with Crippen LogP contribution in [0, 0.1) is 11.3 Å². The fraction of sp³-hybridized carbons (Fsp3) is 0.263. The molecule has 4 rings (SSSR count). The van der Waals surface area contributed by atoms with E-state index in [9.17, 15) is 14.9 Å². The number of carbonyl (C=O) groups is 1. The number of thiophene rings is 1. The van der Waals surface area contributed by atoms with E-state index >= 15 is 0 Å². The number of fused-ring (bicyclic) bond motifs is 2. The maximum atomic E-state index is 12.4. The van der Waals surface area contributed by atoms with Crippen molar-refractivity contribution < 1.29 is 4.79 Å². The Kier molecular flexibility index (Phi) is 4.27. The summed E-state index contributed by atoms with van der Waals surface area (Å²) in [6.07, 6.45) is 4.57. The van der Waals surface area contributed by atoms with Crippen LogP contribution in [-0.4, -0.2) is 15.5 Å². The number of nitriles is 1. The first-order valence-corrected chi connectivity index (χ1v) is 9.27. The number of aromatic nitrogens is 2. The molecule has 1 N–H and O–H groups in total. The van der Waals surface area contributed by atoms with E-state index in [1.165, 1.54) is 27.1 Å². The zero-order valence-corrected chi connectivity index (χ0v) is 14.8. The van der Waals surface area contributed by atoms with Crippen molar-refractivity contribution in [3.8, 4) is 6.07 Å². The van der Waals surface area contributed by atoms with Crippen molar-refractivity contribution in [3.63, 3.8) is 0 Å². The molecule has 130 valence electrons. The van der Waals surface area contributed by atoms with Crippen LogP contribution in [0.3, 0.4) is 0 Å². The van der Waals surface area contributed by atoms with Gasteiger partial charge in [-0.2, -0.15) is 5.26 Å². The number of rotatable bonds is 4. The Morgan fingerprint density at radius 2 is 2.19 bits per heavy atom. The van der Waals surface area contributed by atoms with Crippen LogP contribution in [0.5, 0.6) is 0 Å². The lowest BCUT2D eigenvalue weighted by molar-refractivity contribution is -0.116. The van der Waals surface area contributed by atoms with Gasteiger partial charge < -0.3 is 5.32 Å². The number of para-hydroxylation sites is 1. The number of anilines is 1. The maximum Gasteiger partial charge on any atom is 0.261 e. The molecule has 0 aliphatic heterocycles. The maximum absolute atomic E-state index is 12.4. The third-order valence-corrected chi connectivity index (χ3v) is 5.80. The van der Waals surface area contributed by atoms with E-state index in [-0.39, 0.29) is 24.4 Å². The van der Waals surface area contributed by atoms with Gasteiger partial charge in [-0.25, -0.2) is 4.98 Å². The average Bonchev–Trinajstić information content (AvgIpc) is 3.22. The van der Waals surface area contributed by atoms with Gasteiger partial charge in [-0.1, -0.05) is 12.1 Å². The van der Waals surface area contributed by atoms with Crippen molar-refractivity contribution in [1.82, 2.24) is 9.55 Å². The van der Waals surface area contributed by atoms with Crippen LogP contribution in [0.2, 0.25) is 0 Å². The van der Waals surface area contributed by atoms with Gasteiger partial charge in [0.05, 0.1) is 22.8 Å². The summed E-state index contributed by atoms with van der Waals surface area (Å²) < 4.78 is 1.45. The molecule has 2 aromatic heterocycles. The summed E-state index contributed by atoms with van der Waals surface area (Å²) in [5, 5.41) is 13.4. The van der Waals surface area contributed by atoms with Gasteiger partial charge in [0.1, 0.15) is 11.1 Å². The van der Waals surface area contributed by atoms with Gasteiger partial charge in [0.25, 0.3) is 5.56 Å². The first-order chi connectivity index (χ1) is 12.7. The average molecular weight is 364 g/mol. The summed E-state index contributed by atoms with van der Waals surface area (Å²) in [6, 6.07) is 9.35. The van der Waals surface area contributed by atoms with Crippen LogP contribution in [0.1, 0.15) is 28.8 Å². The molecule has 1 aliphatic carbocycles. The Morgan fingerprint density at radius 1 is 1.35 bits per heavy atom. The minimum absolute atomic E-state index is 0.146. The molecule has 0 spiro atoms. The summed E-state index contributed by atoms with van der Waals surface area (Å²) in [4.78, 5) is 30.2. The van der Waals surface area contributed by atoms with Gasteiger partial charge in [0, 0.05) is 17.8 Å². The van der Waals surface area contributed by atoms with Crippen LogP contribution < -0.4 is 10.9 Å². The van der Waals surface area contributed by atoms with E-state index < -0.39 is 0 Å². The van der Waals surface area contributed by atoms with Gasteiger partial charge in [-0.05, 0) is 37.0 Å². The van der Waals surface area contributed by atoms with Crippen molar-refractivity contribution in [2.75, 3.05) is 5.32 Å². The van der Waals surface area contributed by atoms with Crippen molar-refractivity contribution in [3.05, 3.63) is 57.0 Å². The summed E-state index contributed by atoms with van der Waals surface area (Å²) >= 11 is 1.49. The highest BCUT2D eigenvalue weighted by atomic mass is 32.1. The normalized spacial score (nSPS) is 12.7. The minimum atomic E-state index is -0.207. The van der Waals surface area contributed by atoms with Gasteiger partial charge in [-0.3, -0.25) is 14.2 Å². The van der Waals surface area contributed by atoms with Crippen LogP contribution in [0.4, 0.5) is 5.00 Å². The molecule has 1 amide bonds. The number of benzene rings is 1. The highest BCUT2D eigenvalue weighted by Gasteiger charge is 2.23. The Balaban J connectivity index is 1.48. The summed E-state index contributed by atoms with van der Waals surface area (Å²) in [7, 11) is 0. The number of nitrogens with zero attached hydrogens (tertiary/aromatic N) is 3. The molecule has 0 atom stereocenters. The highest BCUT2D eigenvalue weighted by Crippen LogP contribution is 2.38. The number of nitrogens with one attached hydrogen (secondary N) is 1. The Bertz CT molecular complexity index is 1110. The van der Waals surface area contributed by atoms with E-state index in [2.05, 4.69) is 16.4 Å². The fourth-order valence-corrected chi connectivity index (χ4v) is 4.54. The Hall–Kier alpha value is -2.98. The zero-order chi connectivity index (χ0) is 18.1. The monoisotopic (exact) mass is 364 g/mol. The molecule has 0 saturated carbocycles. The Labute approximate surface area is 153 Å². The lowest BCUT2D eigenvalue weighted by Crippen LogP contribution is -2.23. The van der Waals surface area contributed by atoms with Crippen molar-refractivity contribution in [1.29, 1.82) is 5.26 Å². The van der Waals surface area contributed by atoms with Gasteiger partial charge in [-0.15, -0.1) is 11.3 Å². The third kappa shape index (κ3) is 2.89. The number of hydrogen-bond acceptors (Lipinski definition) is 5. The number of amides is 1. The lowest BCUT2D eigenvalue weighted by atomic mass is 10.1. The molecule has 2 heterocycles. The van der Waals surface area contributed by atoms with Gasteiger partial charge in [0.2, 0.25) is 5.91 Å². The molecule has 6 nitrogen and oxygen atoms in total. The first-order valence-electron chi connectivity index (χ1n) is 8.46. The summed E-state index contributed by atoms with van der Waals surface area (Å²) in [6.45, 7) is 0.246. The first kappa shape index (κ1) is 16.5. The van der Waals surface area contributed by atoms with Crippen molar-refractivity contribution >= 4 is 33.1 Å². The zero-order valence-electron chi connectivity index (χ0n) is 14.0. The van der Waals surface area contributed by atoms with Crippen LogP contribution in [0.15, 0.2) is 35.4 Å². The second-order valence-electron chi connectivity index (χ2n) is 6.23. The van der Waals surface area contributed by atoms with Gasteiger partial charge in [0.15, 0.2) is 0 Å². The molecule has 0 radical (unpaired) electrons. The Morgan fingerprint density at radius 3 is 3.04 bits per heavy atom. The summed E-state index contributed by atoms with van der Waals surface area (Å²) in [5.41, 5.74) is 2.17. The highest BCUT2D eigenvalue weighted by molar-refractivity contribution is 7.16. The molecule has 0 saturated heterocycles. The topological polar surface area (TPSA) is 87.8 Å². The van der Waals surface area contributed by atoms with E-state index in [4.69, 9.17) is 0 Å².